The van der Waals surface area contributed by atoms with Crippen molar-refractivity contribution in [1.82, 2.24) is 10.2 Å². The fraction of sp³-hybridized carbons (Fsp3) is 0.500. The number of nitrogens with one attached hydrogen (secondary N) is 1. The number of aliphatic carboxylic acids is 1. The van der Waals surface area contributed by atoms with Gasteiger partial charge in [0, 0.05) is 42.8 Å². The van der Waals surface area contributed by atoms with Crippen molar-refractivity contribution in [2.75, 3.05) is 50.9 Å². The minimum Gasteiger partial charge on any atom is -0.490 e. The van der Waals surface area contributed by atoms with Crippen LogP contribution in [0.25, 0.3) is 0 Å². The molecule has 2 aliphatic rings. The van der Waals surface area contributed by atoms with Gasteiger partial charge in [0.2, 0.25) is 0 Å². The summed E-state index contributed by atoms with van der Waals surface area (Å²) in [4.78, 5) is 15.4. The fourth-order valence-electron chi connectivity index (χ4n) is 4.85. The monoisotopic (exact) mass is 553 g/mol. The van der Waals surface area contributed by atoms with Crippen LogP contribution in [0.15, 0.2) is 36.4 Å². The number of likely N-dealkylation sites (tertiary alicyclic amines) is 1. The number of benzene rings is 2. The van der Waals surface area contributed by atoms with Crippen molar-refractivity contribution >= 4 is 34.9 Å². The first-order valence-corrected chi connectivity index (χ1v) is 13.2. The highest BCUT2D eigenvalue weighted by Gasteiger charge is 2.35. The molecule has 2 aliphatic heterocycles. The van der Waals surface area contributed by atoms with Gasteiger partial charge in [0.1, 0.15) is 18.1 Å². The Balaban J connectivity index is 1.36. The summed E-state index contributed by atoms with van der Waals surface area (Å²) in [6.45, 7) is 3.04. The first-order chi connectivity index (χ1) is 17.8. The Morgan fingerprint density at radius 1 is 1.05 bits per heavy atom. The van der Waals surface area contributed by atoms with Crippen LogP contribution in [0.1, 0.15) is 18.4 Å². The number of β-amino-alcohol motifs (C(OH)–C–C–N with tert-alkyl or cyclic N) is 1. The van der Waals surface area contributed by atoms with Crippen LogP contribution >= 0.6 is 23.2 Å². The van der Waals surface area contributed by atoms with Gasteiger partial charge in [0.05, 0.1) is 29.5 Å². The molecular formula is C26H33Cl2N3O6. The molecule has 0 spiro atoms. The number of carbonyl (C=O) groups is 1. The molecule has 0 aromatic heterocycles. The molecule has 2 atom stereocenters. The van der Waals surface area contributed by atoms with E-state index in [1.165, 1.54) is 11.6 Å². The summed E-state index contributed by atoms with van der Waals surface area (Å²) in [7, 11) is 0. The van der Waals surface area contributed by atoms with E-state index in [0.29, 0.717) is 30.3 Å². The van der Waals surface area contributed by atoms with E-state index in [0.717, 1.165) is 37.5 Å². The van der Waals surface area contributed by atoms with Gasteiger partial charge in [0.25, 0.3) is 0 Å². The summed E-state index contributed by atoms with van der Waals surface area (Å²) in [5.74, 6) is -0.453. The van der Waals surface area contributed by atoms with Gasteiger partial charge in [-0.25, -0.2) is 4.79 Å². The van der Waals surface area contributed by atoms with Crippen molar-refractivity contribution in [2.45, 2.75) is 37.6 Å². The Morgan fingerprint density at radius 3 is 2.46 bits per heavy atom. The quantitative estimate of drug-likeness (QED) is 0.333. The molecule has 0 saturated carbocycles. The van der Waals surface area contributed by atoms with E-state index in [1.807, 2.05) is 17.0 Å². The summed E-state index contributed by atoms with van der Waals surface area (Å²) in [6.07, 6.45) is 1.34. The van der Waals surface area contributed by atoms with Gasteiger partial charge < -0.3 is 35.0 Å². The lowest BCUT2D eigenvalue weighted by atomic mass is 10.0. The Bertz CT molecular complexity index is 1050. The van der Waals surface area contributed by atoms with Gasteiger partial charge in [0.15, 0.2) is 6.61 Å². The van der Waals surface area contributed by atoms with E-state index >= 15 is 0 Å². The SMILES string of the molecule is O=C(O)COc1cc(Cl)c(OCCO)cc1N1C[C@@H](O)[C@H](NC2CCN(Cc3ccc(Cl)cc3)CC2)C1. The van der Waals surface area contributed by atoms with E-state index in [-0.39, 0.29) is 30.3 Å². The van der Waals surface area contributed by atoms with Gasteiger partial charge in [-0.15, -0.1) is 0 Å². The largest absolute Gasteiger partial charge is 0.490 e. The van der Waals surface area contributed by atoms with Gasteiger partial charge in [-0.05, 0) is 43.6 Å². The number of aliphatic hydroxyl groups is 2. The topological polar surface area (TPSA) is 115 Å². The number of carboxylic acid groups (broad SMARTS) is 1. The second-order valence-electron chi connectivity index (χ2n) is 9.43. The predicted octanol–water partition coefficient (Wildman–Crippen LogP) is 2.63. The number of hydrogen-bond donors (Lipinski definition) is 4. The van der Waals surface area contributed by atoms with Crippen molar-refractivity contribution in [3.63, 3.8) is 0 Å². The summed E-state index contributed by atoms with van der Waals surface area (Å²) in [5, 5.41) is 33.6. The van der Waals surface area contributed by atoms with Crippen molar-refractivity contribution in [1.29, 1.82) is 0 Å². The molecule has 0 aliphatic carbocycles. The molecule has 2 aromatic carbocycles. The highest BCUT2D eigenvalue weighted by Crippen LogP contribution is 2.40. The Kier molecular flexibility index (Phi) is 9.75. The number of nitrogens with zero attached hydrogens (tertiary/aromatic N) is 2. The molecule has 2 fully saturated rings. The van der Waals surface area contributed by atoms with Crippen LogP contribution in [0.3, 0.4) is 0 Å². The lowest BCUT2D eigenvalue weighted by molar-refractivity contribution is -0.139. The summed E-state index contributed by atoms with van der Waals surface area (Å²) in [5.41, 5.74) is 1.82. The standard InChI is InChI=1S/C26H33Cl2N3O6/c27-18-3-1-17(2-4-18)13-30-7-5-19(6-8-30)29-21-14-31(15-23(21)33)22-12-24(36-10-9-32)20(28)11-25(22)37-16-26(34)35/h1-4,11-12,19,21,23,29,32-33H,5-10,13-16H2,(H,34,35)/t21-,23-/m1/s1. The van der Waals surface area contributed by atoms with Crippen LogP contribution in [-0.4, -0.2) is 90.4 Å². The van der Waals surface area contributed by atoms with Crippen LogP contribution < -0.4 is 19.7 Å². The Hall–Kier alpha value is -2.27. The third-order valence-electron chi connectivity index (χ3n) is 6.70. The lowest BCUT2D eigenvalue weighted by Crippen LogP contribution is -2.49. The zero-order chi connectivity index (χ0) is 26.4. The maximum atomic E-state index is 11.1. The number of piperidine rings is 1. The average Bonchev–Trinajstić information content (AvgIpc) is 3.24. The number of carboxylic acids is 1. The molecule has 4 N–H and O–H groups in total. The molecule has 0 amide bonds. The second kappa shape index (κ2) is 13.0. The summed E-state index contributed by atoms with van der Waals surface area (Å²) in [6, 6.07) is 11.3. The molecule has 0 unspecified atom stereocenters. The summed E-state index contributed by atoms with van der Waals surface area (Å²) < 4.78 is 11.0. The van der Waals surface area contributed by atoms with Crippen LogP contribution in [0.4, 0.5) is 5.69 Å². The molecule has 0 bridgehead atoms. The molecular weight excluding hydrogens is 521 g/mol. The van der Waals surface area contributed by atoms with Crippen molar-refractivity contribution < 1.29 is 29.6 Å². The predicted molar refractivity (Wildman–Crippen MR) is 142 cm³/mol. The zero-order valence-electron chi connectivity index (χ0n) is 20.5. The highest BCUT2D eigenvalue weighted by atomic mass is 35.5. The Labute approximate surface area is 226 Å². The number of aliphatic hydroxyl groups excluding tert-OH is 2. The third kappa shape index (κ3) is 7.63. The molecule has 2 aromatic rings. The number of ether oxygens (including phenoxy) is 2. The fourth-order valence-corrected chi connectivity index (χ4v) is 5.18. The highest BCUT2D eigenvalue weighted by molar-refractivity contribution is 6.32. The maximum Gasteiger partial charge on any atom is 0.341 e. The number of anilines is 1. The second-order valence-corrected chi connectivity index (χ2v) is 10.3. The molecule has 2 saturated heterocycles. The van der Waals surface area contributed by atoms with E-state index in [2.05, 4.69) is 22.3 Å². The molecule has 4 rings (SSSR count). The van der Waals surface area contributed by atoms with Crippen LogP contribution in [0.2, 0.25) is 10.0 Å². The lowest BCUT2D eigenvalue weighted by Gasteiger charge is -2.34. The van der Waals surface area contributed by atoms with Gasteiger partial charge >= 0.3 is 5.97 Å². The average molecular weight is 554 g/mol. The first kappa shape index (κ1) is 27.8. The Morgan fingerprint density at radius 2 is 1.78 bits per heavy atom. The molecule has 37 heavy (non-hydrogen) atoms. The molecule has 9 nitrogen and oxygen atoms in total. The smallest absolute Gasteiger partial charge is 0.341 e. The number of halogens is 2. The maximum absolute atomic E-state index is 11.1. The molecule has 202 valence electrons. The minimum absolute atomic E-state index is 0.0675. The van der Waals surface area contributed by atoms with Crippen molar-refractivity contribution in [3.05, 3.63) is 52.0 Å². The summed E-state index contributed by atoms with van der Waals surface area (Å²) >= 11 is 12.3. The van der Waals surface area contributed by atoms with E-state index in [4.69, 9.17) is 42.9 Å². The van der Waals surface area contributed by atoms with Crippen molar-refractivity contribution in [3.8, 4) is 11.5 Å². The first-order valence-electron chi connectivity index (χ1n) is 12.4. The van der Waals surface area contributed by atoms with E-state index in [9.17, 15) is 9.90 Å². The van der Waals surface area contributed by atoms with Gasteiger partial charge in [-0.3, -0.25) is 4.90 Å². The minimum atomic E-state index is -1.11. The normalized spacial score (nSPS) is 20.8. The number of hydrogen-bond acceptors (Lipinski definition) is 8. The van der Waals surface area contributed by atoms with Crippen LogP contribution in [-0.2, 0) is 11.3 Å². The molecule has 11 heteroatoms. The van der Waals surface area contributed by atoms with Gasteiger partial charge in [-0.2, -0.15) is 0 Å². The zero-order valence-corrected chi connectivity index (χ0v) is 22.0. The van der Waals surface area contributed by atoms with Gasteiger partial charge in [-0.1, -0.05) is 35.3 Å². The van der Waals surface area contributed by atoms with Crippen molar-refractivity contribution in [2.24, 2.45) is 0 Å². The number of rotatable bonds is 11. The molecule has 2 heterocycles. The van der Waals surface area contributed by atoms with Crippen LogP contribution in [0.5, 0.6) is 11.5 Å². The van der Waals surface area contributed by atoms with E-state index < -0.39 is 18.7 Å². The van der Waals surface area contributed by atoms with Crippen LogP contribution in [0, 0.1) is 0 Å². The molecule has 0 radical (unpaired) electrons. The third-order valence-corrected chi connectivity index (χ3v) is 7.25. The van der Waals surface area contributed by atoms with E-state index in [1.54, 1.807) is 6.07 Å².